The molecule has 2 aromatic rings. The number of hydrogen-bond acceptors (Lipinski definition) is 0. The second-order valence-corrected chi connectivity index (χ2v) is 4.09. The number of aryl methyl sites for hydroxylation is 2. The average Bonchev–Trinajstić information content (AvgIpc) is 2.32. The maximum Gasteiger partial charge on any atom is 0.212 e. The molecule has 0 bridgehead atoms. The van der Waals surface area contributed by atoms with E-state index < -0.39 is 6.85 Å². The highest BCUT2D eigenvalue weighted by atomic mass is 14.9. The molecule has 1 nitrogen and oxygen atoms in total. The average molecular weight is 215 g/mol. The van der Waals surface area contributed by atoms with Gasteiger partial charge in [-0.3, -0.25) is 0 Å². The predicted octanol–water partition coefficient (Wildman–Crippen LogP) is 3.10. The zero-order valence-corrected chi connectivity index (χ0v) is 9.91. The van der Waals surface area contributed by atoms with E-state index in [0.717, 1.165) is 22.5 Å². The van der Waals surface area contributed by atoms with Crippen LogP contribution in [0.4, 0.5) is 0 Å². The predicted molar refractivity (Wildman–Crippen MR) is 67.3 cm³/mol. The summed E-state index contributed by atoms with van der Waals surface area (Å²) >= 11 is 0. The summed E-state index contributed by atoms with van der Waals surface area (Å²) in [5.41, 5.74) is 4.38. The first-order chi connectivity index (χ1) is 8.82. The van der Waals surface area contributed by atoms with Gasteiger partial charge in [0.1, 0.15) is 7.05 Å². The Balaban J connectivity index is 2.68. The topological polar surface area (TPSA) is 3.88 Å². The molecule has 1 heterocycles. The fourth-order valence-corrected chi connectivity index (χ4v) is 1.88. The van der Waals surface area contributed by atoms with Gasteiger partial charge in [-0.2, -0.15) is 4.57 Å². The number of aromatic nitrogens is 1. The number of pyridine rings is 1. The van der Waals surface area contributed by atoms with Gasteiger partial charge in [-0.15, -0.1) is 0 Å². The van der Waals surface area contributed by atoms with E-state index in [2.05, 4.69) is 4.57 Å². The van der Waals surface area contributed by atoms with E-state index in [0.29, 0.717) is 5.56 Å². The van der Waals surface area contributed by atoms with Gasteiger partial charge >= 0.3 is 0 Å². The zero-order chi connectivity index (χ0) is 14.2. The normalized spacial score (nSPS) is 14.1. The summed E-state index contributed by atoms with van der Waals surface area (Å²) in [4.78, 5) is 0. The fraction of sp³-hybridized carbons (Fsp3) is 0.267. The number of benzene rings is 1. The van der Waals surface area contributed by atoms with Gasteiger partial charge in [0.15, 0.2) is 5.69 Å². The van der Waals surface area contributed by atoms with Crippen molar-refractivity contribution in [3.63, 3.8) is 0 Å². The molecule has 1 aromatic carbocycles. The Labute approximate surface area is 102 Å². The molecule has 1 heteroatoms. The van der Waals surface area contributed by atoms with Crippen molar-refractivity contribution in [3.05, 3.63) is 53.2 Å². The van der Waals surface area contributed by atoms with Gasteiger partial charge in [-0.1, -0.05) is 12.1 Å². The Hall–Kier alpha value is -1.63. The highest BCUT2D eigenvalue weighted by Crippen LogP contribution is 2.22. The van der Waals surface area contributed by atoms with E-state index in [4.69, 9.17) is 4.11 Å². The standard InChI is InChI=1S/C15H18N/c1-11-7-5-9-14(13(11)3)15-10-6-8-12(2)16(15)4/h5-10H,1-4H3/q+1/i1D3. The van der Waals surface area contributed by atoms with Gasteiger partial charge < -0.3 is 0 Å². The molecule has 0 aliphatic carbocycles. The monoisotopic (exact) mass is 215 g/mol. The number of rotatable bonds is 1. The molecule has 0 radical (unpaired) electrons. The minimum absolute atomic E-state index is 0.423. The lowest BCUT2D eigenvalue weighted by atomic mass is 10.00. The summed E-state index contributed by atoms with van der Waals surface area (Å²) in [5, 5.41) is 0. The lowest BCUT2D eigenvalue weighted by Gasteiger charge is -2.07. The van der Waals surface area contributed by atoms with Gasteiger partial charge in [-0.05, 0) is 37.0 Å². The Morgan fingerprint density at radius 3 is 2.56 bits per heavy atom. The van der Waals surface area contributed by atoms with Crippen LogP contribution in [0.25, 0.3) is 11.3 Å². The Morgan fingerprint density at radius 2 is 1.81 bits per heavy atom. The van der Waals surface area contributed by atoms with E-state index in [9.17, 15) is 0 Å². The lowest BCUT2D eigenvalue weighted by Crippen LogP contribution is -2.34. The molecule has 0 spiro atoms. The van der Waals surface area contributed by atoms with Crippen LogP contribution in [0.5, 0.6) is 0 Å². The quantitative estimate of drug-likeness (QED) is 0.644. The third-order valence-electron chi connectivity index (χ3n) is 3.09. The van der Waals surface area contributed by atoms with Crippen LogP contribution < -0.4 is 4.57 Å². The Morgan fingerprint density at radius 1 is 1.06 bits per heavy atom. The lowest BCUT2D eigenvalue weighted by molar-refractivity contribution is -0.666. The molecular weight excluding hydrogens is 194 g/mol. The zero-order valence-electron chi connectivity index (χ0n) is 12.9. The van der Waals surface area contributed by atoms with E-state index in [1.54, 1.807) is 6.07 Å². The van der Waals surface area contributed by atoms with Crippen LogP contribution in [0.2, 0.25) is 0 Å². The molecule has 0 atom stereocenters. The van der Waals surface area contributed by atoms with Crippen molar-refractivity contribution in [1.82, 2.24) is 0 Å². The van der Waals surface area contributed by atoms with Crippen molar-refractivity contribution in [1.29, 1.82) is 0 Å². The second kappa shape index (κ2) is 4.09. The molecule has 0 saturated heterocycles. The minimum Gasteiger partial charge on any atom is -0.199 e. The minimum atomic E-state index is -2.07. The molecule has 1 aromatic heterocycles. The molecule has 16 heavy (non-hydrogen) atoms. The smallest absolute Gasteiger partial charge is 0.199 e. The highest BCUT2D eigenvalue weighted by molar-refractivity contribution is 5.62. The van der Waals surface area contributed by atoms with Crippen LogP contribution in [0.1, 0.15) is 20.9 Å². The molecule has 0 aliphatic heterocycles. The third-order valence-corrected chi connectivity index (χ3v) is 3.09. The van der Waals surface area contributed by atoms with Crippen LogP contribution in [0, 0.1) is 20.7 Å². The maximum atomic E-state index is 7.60. The summed E-state index contributed by atoms with van der Waals surface area (Å²) in [6.45, 7) is 1.84. The molecule has 82 valence electrons. The largest absolute Gasteiger partial charge is 0.212 e. The van der Waals surface area contributed by atoms with Gasteiger partial charge in [-0.25, -0.2) is 0 Å². The van der Waals surface area contributed by atoms with Gasteiger partial charge in [0, 0.05) is 28.7 Å². The number of hydrogen-bond donors (Lipinski definition) is 0. The van der Waals surface area contributed by atoms with Crippen LogP contribution >= 0.6 is 0 Å². The first-order valence-electron chi connectivity index (χ1n) is 6.88. The van der Waals surface area contributed by atoms with E-state index in [-0.39, 0.29) is 0 Å². The molecule has 0 saturated carbocycles. The van der Waals surface area contributed by atoms with Gasteiger partial charge in [0.2, 0.25) is 5.69 Å². The molecule has 0 unspecified atom stereocenters. The van der Waals surface area contributed by atoms with Crippen molar-refractivity contribution in [3.8, 4) is 11.3 Å². The summed E-state index contributed by atoms with van der Waals surface area (Å²) in [6.07, 6.45) is 0. The summed E-state index contributed by atoms with van der Waals surface area (Å²) in [6, 6.07) is 11.5. The van der Waals surface area contributed by atoms with Gasteiger partial charge in [0.25, 0.3) is 0 Å². The fourth-order valence-electron chi connectivity index (χ4n) is 1.88. The van der Waals surface area contributed by atoms with Crippen LogP contribution in [0.3, 0.4) is 0 Å². The van der Waals surface area contributed by atoms with Crippen molar-refractivity contribution < 1.29 is 8.68 Å². The Kier molecular flexibility index (Phi) is 1.95. The highest BCUT2D eigenvalue weighted by Gasteiger charge is 2.13. The molecule has 0 aliphatic rings. The SMILES string of the molecule is [2H]C([2H])([2H])c1cccc(-c2cccc(C)[n+]2C)c1C. The first-order valence-corrected chi connectivity index (χ1v) is 5.38. The molecule has 0 N–H and O–H groups in total. The number of nitrogens with zero attached hydrogens (tertiary/aromatic N) is 1. The Bertz CT molecular complexity index is 615. The summed E-state index contributed by atoms with van der Waals surface area (Å²) in [5.74, 6) is 0. The van der Waals surface area contributed by atoms with Crippen LogP contribution in [-0.4, -0.2) is 0 Å². The van der Waals surface area contributed by atoms with Crippen molar-refractivity contribution in [2.45, 2.75) is 20.7 Å². The van der Waals surface area contributed by atoms with Crippen LogP contribution in [0.15, 0.2) is 36.4 Å². The summed E-state index contributed by atoms with van der Waals surface area (Å²) in [7, 11) is 1.99. The van der Waals surface area contributed by atoms with E-state index in [1.807, 2.05) is 51.2 Å². The molecule has 0 fully saturated rings. The van der Waals surface area contributed by atoms with E-state index in [1.165, 1.54) is 0 Å². The molecule has 0 amide bonds. The van der Waals surface area contributed by atoms with Crippen molar-refractivity contribution in [2.24, 2.45) is 7.05 Å². The maximum absolute atomic E-state index is 7.60. The van der Waals surface area contributed by atoms with Crippen LogP contribution in [-0.2, 0) is 7.05 Å². The van der Waals surface area contributed by atoms with Crippen molar-refractivity contribution >= 4 is 0 Å². The molecule has 2 rings (SSSR count). The second-order valence-electron chi connectivity index (χ2n) is 4.09. The van der Waals surface area contributed by atoms with E-state index >= 15 is 0 Å². The van der Waals surface area contributed by atoms with Gasteiger partial charge in [0.05, 0.1) is 0 Å². The third kappa shape index (κ3) is 1.73. The molecular formula is C15H18N+. The van der Waals surface area contributed by atoms with Crippen molar-refractivity contribution in [2.75, 3.05) is 0 Å². The summed E-state index contributed by atoms with van der Waals surface area (Å²) < 4.78 is 24.9. The first kappa shape index (κ1) is 7.61.